The largest absolute Gasteiger partial charge is 0.371 e. The van der Waals surface area contributed by atoms with E-state index in [9.17, 15) is 0 Å². The molecule has 0 radical (unpaired) electrons. The van der Waals surface area contributed by atoms with Crippen LogP contribution in [0.4, 0.5) is 5.69 Å². The zero-order chi connectivity index (χ0) is 11.5. The van der Waals surface area contributed by atoms with Gasteiger partial charge in [0, 0.05) is 24.8 Å². The van der Waals surface area contributed by atoms with Crippen LogP contribution in [-0.2, 0) is 0 Å². The molecule has 1 atom stereocenters. The van der Waals surface area contributed by atoms with Crippen molar-refractivity contribution in [2.75, 3.05) is 31.6 Å². The van der Waals surface area contributed by atoms with Gasteiger partial charge in [0.25, 0.3) is 0 Å². The summed E-state index contributed by atoms with van der Waals surface area (Å²) >= 11 is 0. The lowest BCUT2D eigenvalue weighted by atomic mass is 9.95. The first-order valence-corrected chi connectivity index (χ1v) is 6.32. The van der Waals surface area contributed by atoms with Gasteiger partial charge in [0.05, 0.1) is 0 Å². The molecule has 0 aromatic heterocycles. The van der Waals surface area contributed by atoms with E-state index in [1.165, 1.54) is 24.2 Å². The van der Waals surface area contributed by atoms with Crippen molar-refractivity contribution in [2.45, 2.75) is 26.3 Å². The van der Waals surface area contributed by atoms with Crippen LogP contribution in [0.5, 0.6) is 0 Å². The smallest absolute Gasteiger partial charge is 0.0414 e. The molecular formula is C14H22N2. The molecule has 0 bridgehead atoms. The maximum absolute atomic E-state index is 2.48. The molecule has 0 N–H and O–H groups in total. The van der Waals surface area contributed by atoms with Gasteiger partial charge < -0.3 is 4.90 Å². The quantitative estimate of drug-likeness (QED) is 0.769. The highest BCUT2D eigenvalue weighted by Gasteiger charge is 2.25. The number of anilines is 1. The van der Waals surface area contributed by atoms with Gasteiger partial charge in [0.2, 0.25) is 0 Å². The summed E-state index contributed by atoms with van der Waals surface area (Å²) in [6.07, 6.45) is 1.25. The summed E-state index contributed by atoms with van der Waals surface area (Å²) in [6, 6.07) is 9.45. The fourth-order valence-electron chi connectivity index (χ4n) is 2.62. The lowest BCUT2D eigenvalue weighted by Gasteiger charge is -2.38. The summed E-state index contributed by atoms with van der Waals surface area (Å²) in [7, 11) is 2.23. The summed E-state index contributed by atoms with van der Waals surface area (Å²) in [5.41, 5.74) is 2.93. The molecule has 2 heteroatoms. The monoisotopic (exact) mass is 218 g/mol. The number of nitrogens with zero attached hydrogens (tertiary/aromatic N) is 2. The van der Waals surface area contributed by atoms with Gasteiger partial charge in [-0.15, -0.1) is 0 Å². The van der Waals surface area contributed by atoms with Gasteiger partial charge in [-0.3, -0.25) is 4.90 Å². The average Bonchev–Trinajstić information content (AvgIpc) is 2.36. The Labute approximate surface area is 98.9 Å². The summed E-state index contributed by atoms with van der Waals surface area (Å²) in [5.74, 6) is 0. The first-order valence-electron chi connectivity index (χ1n) is 6.32. The normalized spacial score (nSPS) is 20.0. The van der Waals surface area contributed by atoms with Crippen molar-refractivity contribution < 1.29 is 0 Å². The van der Waals surface area contributed by atoms with Gasteiger partial charge in [-0.25, -0.2) is 0 Å². The molecule has 0 saturated heterocycles. The first-order chi connectivity index (χ1) is 7.77. The minimum atomic E-state index is 0.601. The molecule has 1 aliphatic rings. The highest BCUT2D eigenvalue weighted by molar-refractivity contribution is 5.56. The minimum Gasteiger partial charge on any atom is -0.371 e. The number of rotatable bonds is 3. The van der Waals surface area contributed by atoms with Crippen molar-refractivity contribution in [3.63, 3.8) is 0 Å². The van der Waals surface area contributed by atoms with E-state index in [1.807, 2.05) is 0 Å². The molecule has 1 unspecified atom stereocenters. The van der Waals surface area contributed by atoms with Crippen molar-refractivity contribution >= 4 is 5.69 Å². The van der Waals surface area contributed by atoms with Crippen LogP contribution >= 0.6 is 0 Å². The summed E-state index contributed by atoms with van der Waals surface area (Å²) in [5, 5.41) is 0. The Morgan fingerprint density at radius 2 is 2.06 bits per heavy atom. The van der Waals surface area contributed by atoms with Crippen LogP contribution in [0.2, 0.25) is 0 Å². The van der Waals surface area contributed by atoms with Crippen molar-refractivity contribution in [3.8, 4) is 0 Å². The van der Waals surface area contributed by atoms with Crippen molar-refractivity contribution in [2.24, 2.45) is 0 Å². The summed E-state index contributed by atoms with van der Waals surface area (Å²) in [4.78, 5) is 4.93. The molecule has 88 valence electrons. The predicted molar refractivity (Wildman–Crippen MR) is 70.0 cm³/mol. The number of para-hydroxylation sites is 1. The Kier molecular flexibility index (Phi) is 3.49. The van der Waals surface area contributed by atoms with Gasteiger partial charge in [-0.05, 0) is 38.6 Å². The minimum absolute atomic E-state index is 0.601. The maximum atomic E-state index is 2.48. The van der Waals surface area contributed by atoms with Gasteiger partial charge in [-0.2, -0.15) is 0 Å². The Morgan fingerprint density at radius 3 is 2.75 bits per heavy atom. The molecule has 0 saturated carbocycles. The summed E-state index contributed by atoms with van der Waals surface area (Å²) < 4.78 is 0. The molecule has 1 aliphatic heterocycles. The second-order valence-electron chi connectivity index (χ2n) is 4.52. The Morgan fingerprint density at radius 1 is 1.31 bits per heavy atom. The molecule has 1 aromatic carbocycles. The third-order valence-electron chi connectivity index (χ3n) is 3.72. The highest BCUT2D eigenvalue weighted by atomic mass is 15.2. The van der Waals surface area contributed by atoms with Crippen molar-refractivity contribution in [1.82, 2.24) is 4.90 Å². The lowest BCUT2D eigenvalue weighted by molar-refractivity contribution is 0.240. The molecule has 0 amide bonds. The first kappa shape index (κ1) is 11.5. The van der Waals surface area contributed by atoms with E-state index in [-0.39, 0.29) is 0 Å². The zero-order valence-corrected chi connectivity index (χ0v) is 10.6. The maximum Gasteiger partial charge on any atom is 0.0414 e. The zero-order valence-electron chi connectivity index (χ0n) is 10.6. The summed E-state index contributed by atoms with van der Waals surface area (Å²) in [6.45, 7) is 7.88. The molecule has 0 fully saturated rings. The fourth-order valence-corrected chi connectivity index (χ4v) is 2.62. The number of hydrogen-bond acceptors (Lipinski definition) is 2. The third kappa shape index (κ3) is 1.94. The predicted octanol–water partition coefficient (Wildman–Crippen LogP) is 2.91. The number of benzene rings is 1. The van der Waals surface area contributed by atoms with Crippen molar-refractivity contribution in [3.05, 3.63) is 29.8 Å². The van der Waals surface area contributed by atoms with E-state index in [2.05, 4.69) is 55.0 Å². The van der Waals surface area contributed by atoms with E-state index < -0.39 is 0 Å². The number of hydrogen-bond donors (Lipinski definition) is 0. The van der Waals surface area contributed by atoms with Crippen LogP contribution in [0.15, 0.2) is 24.3 Å². The standard InChI is InChI=1S/C14H22N2/c1-4-15(3)13-10-11-16(5-2)14-9-7-6-8-12(13)14/h6-9,13H,4-5,10-11H2,1-3H3. The highest BCUT2D eigenvalue weighted by Crippen LogP contribution is 2.36. The topological polar surface area (TPSA) is 6.48 Å². The molecule has 0 spiro atoms. The molecular weight excluding hydrogens is 196 g/mol. The van der Waals surface area contributed by atoms with Gasteiger partial charge in [-0.1, -0.05) is 25.1 Å². The van der Waals surface area contributed by atoms with E-state index >= 15 is 0 Å². The Hall–Kier alpha value is -1.02. The van der Waals surface area contributed by atoms with E-state index in [4.69, 9.17) is 0 Å². The molecule has 1 aromatic rings. The van der Waals surface area contributed by atoms with E-state index in [0.29, 0.717) is 6.04 Å². The van der Waals surface area contributed by atoms with Crippen LogP contribution < -0.4 is 4.90 Å². The molecule has 2 nitrogen and oxygen atoms in total. The van der Waals surface area contributed by atoms with Crippen LogP contribution in [-0.4, -0.2) is 31.6 Å². The van der Waals surface area contributed by atoms with Crippen LogP contribution in [0.1, 0.15) is 31.9 Å². The average molecular weight is 218 g/mol. The Bertz CT molecular complexity index is 348. The van der Waals surface area contributed by atoms with E-state index in [1.54, 1.807) is 0 Å². The van der Waals surface area contributed by atoms with Crippen molar-refractivity contribution in [1.29, 1.82) is 0 Å². The third-order valence-corrected chi connectivity index (χ3v) is 3.72. The SMILES string of the molecule is CCN1CCC(N(C)CC)c2ccccc21. The molecule has 16 heavy (non-hydrogen) atoms. The Balaban J connectivity index is 2.35. The molecule has 1 heterocycles. The van der Waals surface area contributed by atoms with E-state index in [0.717, 1.165) is 13.1 Å². The lowest BCUT2D eigenvalue weighted by Crippen LogP contribution is -2.36. The fraction of sp³-hybridized carbons (Fsp3) is 0.571. The van der Waals surface area contributed by atoms with Gasteiger partial charge >= 0.3 is 0 Å². The molecule has 0 aliphatic carbocycles. The van der Waals surface area contributed by atoms with Gasteiger partial charge in [0.1, 0.15) is 0 Å². The van der Waals surface area contributed by atoms with Crippen LogP contribution in [0.3, 0.4) is 0 Å². The van der Waals surface area contributed by atoms with Crippen LogP contribution in [0.25, 0.3) is 0 Å². The second-order valence-corrected chi connectivity index (χ2v) is 4.52. The second kappa shape index (κ2) is 4.88. The van der Waals surface area contributed by atoms with Gasteiger partial charge in [0.15, 0.2) is 0 Å². The molecule has 2 rings (SSSR count). The van der Waals surface area contributed by atoms with Crippen LogP contribution in [0, 0.1) is 0 Å². The number of fused-ring (bicyclic) bond motifs is 1.